The number of sulfone groups is 1. The van der Waals surface area contributed by atoms with E-state index in [2.05, 4.69) is 16.7 Å². The monoisotopic (exact) mass is 515 g/mol. The van der Waals surface area contributed by atoms with E-state index in [9.17, 15) is 26.4 Å². The fraction of sp³-hybridized carbons (Fsp3) is 0.609. The van der Waals surface area contributed by atoms with Gasteiger partial charge in [-0.25, -0.2) is 8.42 Å². The van der Waals surface area contributed by atoms with Crippen molar-refractivity contribution >= 4 is 15.7 Å². The highest BCUT2D eigenvalue weighted by atomic mass is 32.2. The van der Waals surface area contributed by atoms with Crippen LogP contribution >= 0.6 is 0 Å². The molecule has 0 aromatic carbocycles. The molecule has 1 aliphatic heterocycles. The van der Waals surface area contributed by atoms with Crippen LogP contribution in [0, 0.1) is 5.92 Å². The first kappa shape index (κ1) is 25.5. The maximum absolute atomic E-state index is 13.5. The number of piperidine rings is 1. The van der Waals surface area contributed by atoms with Gasteiger partial charge in [0.2, 0.25) is 5.89 Å². The van der Waals surface area contributed by atoms with Crippen molar-refractivity contribution in [1.82, 2.24) is 15.0 Å². The molecule has 2 aliphatic carbocycles. The number of amides is 1. The molecule has 0 N–H and O–H groups in total. The number of carbonyl (C=O) groups is 1. The van der Waals surface area contributed by atoms with Crippen LogP contribution < -0.4 is 0 Å². The lowest BCUT2D eigenvalue weighted by molar-refractivity contribution is -0.162. The molecule has 1 aromatic heterocycles. The van der Waals surface area contributed by atoms with E-state index in [1.165, 1.54) is 17.1 Å². The standard InChI is InChI=1S/C23H28F3N3O5S/c1-6-16(35(5,31)32)9-17(14(4)33-13(2)3)18(30)29-11-15-10-21(15,12-29)20-27-19(28-34-20)22(7-8-22)23(24,25)26/h6,9,13,15H,4,7-8,10-12H2,1-3,5H3/b16-6+,17-9+. The smallest absolute Gasteiger partial charge is 0.401 e. The Morgan fingerprint density at radius 3 is 2.51 bits per heavy atom. The zero-order valence-electron chi connectivity index (χ0n) is 20.0. The van der Waals surface area contributed by atoms with Crippen LogP contribution in [0.15, 0.2) is 39.5 Å². The minimum atomic E-state index is -4.45. The Bertz CT molecular complexity index is 1230. The van der Waals surface area contributed by atoms with Gasteiger partial charge in [-0.05, 0) is 52.0 Å². The molecule has 3 fully saturated rings. The molecular formula is C23H28F3N3O5S. The van der Waals surface area contributed by atoms with E-state index in [1.807, 2.05) is 0 Å². The van der Waals surface area contributed by atoms with Gasteiger partial charge in [-0.15, -0.1) is 0 Å². The molecule has 1 amide bonds. The summed E-state index contributed by atoms with van der Waals surface area (Å²) >= 11 is 0. The maximum atomic E-state index is 13.5. The highest BCUT2D eigenvalue weighted by Gasteiger charge is 2.69. The predicted molar refractivity (Wildman–Crippen MR) is 120 cm³/mol. The predicted octanol–water partition coefficient (Wildman–Crippen LogP) is 3.58. The normalized spacial score (nSPS) is 26.1. The Hall–Kier alpha value is -2.63. The Labute approximate surface area is 201 Å². The number of nitrogens with zero attached hydrogens (tertiary/aromatic N) is 3. The third kappa shape index (κ3) is 4.41. The Balaban J connectivity index is 1.59. The summed E-state index contributed by atoms with van der Waals surface area (Å²) in [5.41, 5.74) is -2.75. The van der Waals surface area contributed by atoms with Gasteiger partial charge < -0.3 is 14.2 Å². The second kappa shape index (κ2) is 8.21. The third-order valence-corrected chi connectivity index (χ3v) is 8.12. The summed E-state index contributed by atoms with van der Waals surface area (Å²) in [4.78, 5) is 19.1. The summed E-state index contributed by atoms with van der Waals surface area (Å²) in [6.07, 6.45) is -0.632. The minimum absolute atomic E-state index is 0.00565. The van der Waals surface area contributed by atoms with E-state index in [0.29, 0.717) is 13.0 Å². The van der Waals surface area contributed by atoms with Gasteiger partial charge >= 0.3 is 6.18 Å². The fourth-order valence-electron chi connectivity index (χ4n) is 4.67. The number of fused-ring (bicyclic) bond motifs is 1. The van der Waals surface area contributed by atoms with E-state index < -0.39 is 32.8 Å². The summed E-state index contributed by atoms with van der Waals surface area (Å²) in [6.45, 7) is 9.34. The van der Waals surface area contributed by atoms with Crippen LogP contribution in [-0.4, -0.2) is 61.0 Å². The van der Waals surface area contributed by atoms with Crippen molar-refractivity contribution in [1.29, 1.82) is 0 Å². The van der Waals surface area contributed by atoms with Gasteiger partial charge in [0.05, 0.1) is 22.0 Å². The molecule has 3 aliphatic rings. The van der Waals surface area contributed by atoms with E-state index >= 15 is 0 Å². The van der Waals surface area contributed by atoms with Gasteiger partial charge in [0.1, 0.15) is 11.2 Å². The average molecular weight is 516 g/mol. The largest absolute Gasteiger partial charge is 0.491 e. The lowest BCUT2D eigenvalue weighted by Gasteiger charge is -2.23. The SMILES string of the molecule is C=C(OC(C)C)/C(=C\C(=C/C)S(C)(=O)=O)C(=O)N1CC2CC2(c2nc(C3(C(F)(F)F)CC3)no2)C1. The van der Waals surface area contributed by atoms with Gasteiger partial charge in [-0.3, -0.25) is 4.79 Å². The van der Waals surface area contributed by atoms with Crippen molar-refractivity contribution in [3.8, 4) is 0 Å². The highest BCUT2D eigenvalue weighted by Crippen LogP contribution is 2.61. The molecule has 0 bridgehead atoms. The number of carbonyl (C=O) groups excluding carboxylic acids is 1. The van der Waals surface area contributed by atoms with Crippen LogP contribution in [-0.2, 0) is 30.2 Å². The number of likely N-dealkylation sites (tertiary alicyclic amines) is 1. The Morgan fingerprint density at radius 1 is 1.34 bits per heavy atom. The Morgan fingerprint density at radius 2 is 2.00 bits per heavy atom. The molecule has 1 aromatic rings. The summed E-state index contributed by atoms with van der Waals surface area (Å²) in [7, 11) is -3.61. The van der Waals surface area contributed by atoms with Gasteiger partial charge in [0.15, 0.2) is 15.7 Å². The van der Waals surface area contributed by atoms with Gasteiger partial charge in [-0.1, -0.05) is 17.8 Å². The van der Waals surface area contributed by atoms with E-state index in [0.717, 1.165) is 6.26 Å². The van der Waals surface area contributed by atoms with Crippen molar-refractivity contribution < 1.29 is 35.6 Å². The molecule has 35 heavy (non-hydrogen) atoms. The summed E-state index contributed by atoms with van der Waals surface area (Å²) in [5, 5.41) is 3.65. The molecule has 2 heterocycles. The van der Waals surface area contributed by atoms with Gasteiger partial charge in [-0.2, -0.15) is 18.2 Å². The first-order valence-corrected chi connectivity index (χ1v) is 13.2. The van der Waals surface area contributed by atoms with Crippen LogP contribution in [0.5, 0.6) is 0 Å². The van der Waals surface area contributed by atoms with Crippen LogP contribution in [0.25, 0.3) is 0 Å². The number of alkyl halides is 3. The molecule has 2 atom stereocenters. The molecule has 2 saturated carbocycles. The molecular weight excluding hydrogens is 487 g/mol. The zero-order chi connectivity index (χ0) is 26.0. The number of aromatic nitrogens is 2. The summed E-state index contributed by atoms with van der Waals surface area (Å²) in [5.74, 6) is -0.744. The second-order valence-corrected chi connectivity index (χ2v) is 11.9. The first-order valence-electron chi connectivity index (χ1n) is 11.3. The van der Waals surface area contributed by atoms with Crippen molar-refractivity contribution in [2.45, 2.75) is 63.1 Å². The lowest BCUT2D eigenvalue weighted by atomic mass is 10.0. The van der Waals surface area contributed by atoms with E-state index in [1.54, 1.807) is 20.8 Å². The van der Waals surface area contributed by atoms with Crippen LogP contribution in [0.3, 0.4) is 0 Å². The quantitative estimate of drug-likeness (QED) is 0.296. The number of rotatable bonds is 8. The van der Waals surface area contributed by atoms with Crippen molar-refractivity contribution in [2.75, 3.05) is 19.3 Å². The molecule has 12 heteroatoms. The first-order chi connectivity index (χ1) is 16.1. The van der Waals surface area contributed by atoms with Crippen LogP contribution in [0.4, 0.5) is 13.2 Å². The van der Waals surface area contributed by atoms with Crippen molar-refractivity contribution in [2.24, 2.45) is 5.92 Å². The molecule has 0 radical (unpaired) electrons. The highest BCUT2D eigenvalue weighted by molar-refractivity contribution is 7.94. The molecule has 2 unspecified atom stereocenters. The summed E-state index contributed by atoms with van der Waals surface area (Å²) in [6, 6.07) is 0. The molecule has 1 saturated heterocycles. The number of hydrogen-bond acceptors (Lipinski definition) is 7. The lowest BCUT2D eigenvalue weighted by Crippen LogP contribution is -2.35. The third-order valence-electron chi connectivity index (χ3n) is 6.91. The topological polar surface area (TPSA) is 103 Å². The number of allylic oxidation sites excluding steroid dienone is 2. The molecule has 192 valence electrons. The van der Waals surface area contributed by atoms with Crippen molar-refractivity contribution in [3.05, 3.63) is 46.7 Å². The molecule has 4 rings (SSSR count). The molecule has 0 spiro atoms. The van der Waals surface area contributed by atoms with Crippen LogP contribution in [0.1, 0.15) is 51.7 Å². The Kier molecular flexibility index (Phi) is 5.97. The van der Waals surface area contributed by atoms with E-state index in [-0.39, 0.29) is 59.4 Å². The minimum Gasteiger partial charge on any atom is -0.491 e. The van der Waals surface area contributed by atoms with E-state index in [4.69, 9.17) is 9.26 Å². The number of halogens is 3. The second-order valence-electron chi connectivity index (χ2n) is 9.86. The summed E-state index contributed by atoms with van der Waals surface area (Å²) < 4.78 is 75.5. The zero-order valence-corrected chi connectivity index (χ0v) is 20.8. The number of ether oxygens (including phenoxy) is 1. The maximum Gasteiger partial charge on any atom is 0.401 e. The molecule has 8 nitrogen and oxygen atoms in total. The average Bonchev–Trinajstić information content (AvgIpc) is 3.58. The fourth-order valence-corrected chi connectivity index (χ4v) is 5.43. The van der Waals surface area contributed by atoms with Crippen LogP contribution in [0.2, 0.25) is 0 Å². The number of hydrogen-bond donors (Lipinski definition) is 0. The van der Waals surface area contributed by atoms with Crippen molar-refractivity contribution in [3.63, 3.8) is 0 Å². The van der Waals surface area contributed by atoms with Gasteiger partial charge in [0.25, 0.3) is 5.91 Å². The van der Waals surface area contributed by atoms with Gasteiger partial charge in [0, 0.05) is 19.3 Å².